The van der Waals surface area contributed by atoms with Gasteiger partial charge >= 0.3 is 42.1 Å². The fourth-order valence-electron chi connectivity index (χ4n) is 2.28. The normalized spacial score (nSPS) is 31.7. The molecule has 1 N–H and O–H groups in total. The fourth-order valence-corrected chi connectivity index (χ4v) is 2.28. The first-order valence-electron chi connectivity index (χ1n) is 7.48. The van der Waals surface area contributed by atoms with E-state index in [1.165, 1.54) is 0 Å². The van der Waals surface area contributed by atoms with E-state index in [-0.39, 0.29) is 6.92 Å². The van der Waals surface area contributed by atoms with Crippen molar-refractivity contribution >= 4 is 5.97 Å². The van der Waals surface area contributed by atoms with Crippen molar-refractivity contribution in [3.05, 3.63) is 0 Å². The van der Waals surface area contributed by atoms with Gasteiger partial charge in [0, 0.05) is 0 Å². The SMILES string of the molecule is CCC(C)(C(=O)OC1C(F)(F)C(C(F)(F)F)OC(O)(C(F)(F)F)C1(F)F)C(F)(F)F. The number of hydrogen-bond donors (Lipinski definition) is 1. The van der Waals surface area contributed by atoms with Gasteiger partial charge in [-0.2, -0.15) is 57.1 Å². The molecule has 0 aromatic carbocycles. The quantitative estimate of drug-likeness (QED) is 0.484. The number of hydrogen-bond acceptors (Lipinski definition) is 4. The van der Waals surface area contributed by atoms with Crippen LogP contribution in [0.3, 0.4) is 0 Å². The van der Waals surface area contributed by atoms with Gasteiger partial charge in [0.25, 0.3) is 0 Å². The smallest absolute Gasteiger partial charge is 0.448 e. The lowest BCUT2D eigenvalue weighted by Crippen LogP contribution is -2.78. The first-order valence-corrected chi connectivity index (χ1v) is 7.48. The Bertz CT molecular complexity index is 667. The maximum atomic E-state index is 14.1. The van der Waals surface area contributed by atoms with Crippen LogP contribution >= 0.6 is 0 Å². The van der Waals surface area contributed by atoms with Crippen LogP contribution < -0.4 is 0 Å². The van der Waals surface area contributed by atoms with Crippen LogP contribution in [0.1, 0.15) is 20.3 Å². The van der Waals surface area contributed by atoms with E-state index in [0.717, 1.165) is 0 Å². The molecule has 0 radical (unpaired) electrons. The summed E-state index contributed by atoms with van der Waals surface area (Å²) in [5.41, 5.74) is -3.86. The molecule has 4 atom stereocenters. The van der Waals surface area contributed by atoms with Crippen molar-refractivity contribution in [2.75, 3.05) is 0 Å². The van der Waals surface area contributed by atoms with Crippen LogP contribution in [0, 0.1) is 5.41 Å². The van der Waals surface area contributed by atoms with Crippen molar-refractivity contribution in [1.82, 2.24) is 0 Å². The van der Waals surface area contributed by atoms with Crippen LogP contribution in [0.15, 0.2) is 0 Å². The number of esters is 1. The van der Waals surface area contributed by atoms with E-state index in [1.54, 1.807) is 0 Å². The van der Waals surface area contributed by atoms with Gasteiger partial charge in [-0.15, -0.1) is 0 Å². The summed E-state index contributed by atoms with van der Waals surface area (Å²) in [5, 5.41) is 9.06. The Morgan fingerprint density at radius 2 is 1.43 bits per heavy atom. The monoisotopic (exact) mass is 478 g/mol. The first-order chi connectivity index (χ1) is 12.9. The Morgan fingerprint density at radius 1 is 1.00 bits per heavy atom. The molecule has 0 aromatic heterocycles. The van der Waals surface area contributed by atoms with E-state index in [2.05, 4.69) is 9.47 Å². The van der Waals surface area contributed by atoms with Crippen LogP contribution in [-0.2, 0) is 14.3 Å². The molecular weight excluding hydrogens is 467 g/mol. The van der Waals surface area contributed by atoms with Gasteiger partial charge in [-0.3, -0.25) is 4.79 Å². The van der Waals surface area contributed by atoms with E-state index in [9.17, 15) is 61.9 Å². The standard InChI is InChI=1S/C13H11F13O4/c1-3-7(2,12(21,22)23)6(27)29-4-8(14,15)5(10(18,19)20)30-11(28,9(4,16)17)13(24,25)26/h4-5,28H,3H2,1-2H3. The van der Waals surface area contributed by atoms with Crippen LogP contribution in [0.2, 0.25) is 0 Å². The highest BCUT2D eigenvalue weighted by molar-refractivity contribution is 5.77. The molecule has 0 aliphatic carbocycles. The average Bonchev–Trinajstić information content (AvgIpc) is 2.50. The summed E-state index contributed by atoms with van der Waals surface area (Å²) in [6, 6.07) is 0. The Labute approximate surface area is 157 Å². The second kappa shape index (κ2) is 7.00. The van der Waals surface area contributed by atoms with Crippen molar-refractivity contribution in [2.45, 2.75) is 68.6 Å². The van der Waals surface area contributed by atoms with Gasteiger partial charge in [0.15, 0.2) is 5.41 Å². The summed E-state index contributed by atoms with van der Waals surface area (Å²) >= 11 is 0. The minimum absolute atomic E-state index is 0.0673. The van der Waals surface area contributed by atoms with E-state index in [1.807, 2.05) is 0 Å². The van der Waals surface area contributed by atoms with Crippen molar-refractivity contribution in [2.24, 2.45) is 5.41 Å². The zero-order valence-electron chi connectivity index (χ0n) is 14.4. The molecule has 4 unspecified atom stereocenters. The molecule has 178 valence electrons. The molecule has 0 saturated carbocycles. The third-order valence-corrected chi connectivity index (χ3v) is 4.46. The Balaban J connectivity index is 3.68. The molecule has 0 spiro atoms. The van der Waals surface area contributed by atoms with Gasteiger partial charge < -0.3 is 14.6 Å². The molecule has 1 aliphatic rings. The minimum atomic E-state index is -6.88. The van der Waals surface area contributed by atoms with Crippen LogP contribution in [0.4, 0.5) is 57.1 Å². The highest BCUT2D eigenvalue weighted by atomic mass is 19.4. The van der Waals surface area contributed by atoms with Gasteiger partial charge in [0.05, 0.1) is 0 Å². The zero-order chi connectivity index (χ0) is 24.4. The first kappa shape index (κ1) is 26.5. The minimum Gasteiger partial charge on any atom is -0.448 e. The molecule has 1 rings (SSSR count). The second-order valence-electron chi connectivity index (χ2n) is 6.45. The van der Waals surface area contributed by atoms with E-state index in [4.69, 9.17) is 5.11 Å². The summed E-state index contributed by atoms with van der Waals surface area (Å²) < 4.78 is 178. The zero-order valence-corrected chi connectivity index (χ0v) is 14.4. The number of carbonyl (C=O) groups is 1. The van der Waals surface area contributed by atoms with Crippen LogP contribution in [0.25, 0.3) is 0 Å². The molecular formula is C13H11F13O4. The molecule has 1 heterocycles. The average molecular weight is 478 g/mol. The van der Waals surface area contributed by atoms with Crippen LogP contribution in [0.5, 0.6) is 0 Å². The largest absolute Gasteiger partial charge is 0.449 e. The summed E-state index contributed by atoms with van der Waals surface area (Å²) in [4.78, 5) is 11.7. The number of rotatable bonds is 3. The maximum Gasteiger partial charge on any atom is 0.449 e. The van der Waals surface area contributed by atoms with Gasteiger partial charge in [-0.05, 0) is 13.3 Å². The van der Waals surface area contributed by atoms with Crippen molar-refractivity contribution < 1.29 is 76.5 Å². The molecule has 4 nitrogen and oxygen atoms in total. The highest BCUT2D eigenvalue weighted by Crippen LogP contribution is 2.57. The summed E-state index contributed by atoms with van der Waals surface area (Å²) in [5.74, 6) is -22.1. The van der Waals surface area contributed by atoms with E-state index in [0.29, 0.717) is 6.92 Å². The summed E-state index contributed by atoms with van der Waals surface area (Å²) in [6.07, 6.45) is -30.7. The van der Waals surface area contributed by atoms with Gasteiger partial charge in [-0.1, -0.05) is 6.92 Å². The number of aliphatic hydroxyl groups is 1. The van der Waals surface area contributed by atoms with E-state index >= 15 is 0 Å². The lowest BCUT2D eigenvalue weighted by Gasteiger charge is -2.50. The Hall–Kier alpha value is -1.52. The second-order valence-corrected chi connectivity index (χ2v) is 6.45. The molecule has 17 heteroatoms. The molecule has 30 heavy (non-hydrogen) atoms. The third-order valence-electron chi connectivity index (χ3n) is 4.46. The molecule has 0 bridgehead atoms. The predicted molar refractivity (Wildman–Crippen MR) is 66.2 cm³/mol. The van der Waals surface area contributed by atoms with Crippen LogP contribution in [-0.4, -0.2) is 59.4 Å². The number of halogens is 13. The van der Waals surface area contributed by atoms with Crippen molar-refractivity contribution in [1.29, 1.82) is 0 Å². The van der Waals surface area contributed by atoms with Gasteiger partial charge in [-0.25, -0.2) is 0 Å². The number of carbonyl (C=O) groups excluding carboxylic acids is 1. The third kappa shape index (κ3) is 3.78. The predicted octanol–water partition coefficient (Wildman–Crippen LogP) is 4.36. The molecule has 1 saturated heterocycles. The molecule has 0 amide bonds. The van der Waals surface area contributed by atoms with E-state index < -0.39 is 66.2 Å². The summed E-state index contributed by atoms with van der Waals surface area (Å²) in [6.45, 7) is 0.516. The lowest BCUT2D eigenvalue weighted by atomic mass is 9.85. The number of alkyl halides is 13. The van der Waals surface area contributed by atoms with Gasteiger partial charge in [0.2, 0.25) is 12.2 Å². The molecule has 1 aliphatic heterocycles. The lowest BCUT2D eigenvalue weighted by molar-refractivity contribution is -0.513. The summed E-state index contributed by atoms with van der Waals surface area (Å²) in [7, 11) is 0. The topological polar surface area (TPSA) is 55.8 Å². The fraction of sp³-hybridized carbons (Fsp3) is 0.923. The molecule has 1 fully saturated rings. The highest BCUT2D eigenvalue weighted by Gasteiger charge is 2.86. The number of ether oxygens (including phenoxy) is 2. The Morgan fingerprint density at radius 3 is 1.73 bits per heavy atom. The van der Waals surface area contributed by atoms with Crippen molar-refractivity contribution in [3.63, 3.8) is 0 Å². The molecule has 0 aromatic rings. The van der Waals surface area contributed by atoms with Crippen molar-refractivity contribution in [3.8, 4) is 0 Å². The van der Waals surface area contributed by atoms with Gasteiger partial charge in [0.1, 0.15) is 0 Å². The Kier molecular flexibility index (Phi) is 6.18. The maximum absolute atomic E-state index is 14.1.